The number of hydrogen-bond donors (Lipinski definition) is 1. The van der Waals surface area contributed by atoms with Gasteiger partial charge in [-0.05, 0) is 35.2 Å². The number of nitrogens with one attached hydrogen (secondary N) is 1. The van der Waals surface area contributed by atoms with Crippen LogP contribution in [0.4, 0.5) is 0 Å². The molecule has 1 N–H and O–H groups in total. The second-order valence-electron chi connectivity index (χ2n) is 8.89. The van der Waals surface area contributed by atoms with E-state index in [1.807, 2.05) is 31.3 Å². The number of aromatic nitrogens is 8. The summed E-state index contributed by atoms with van der Waals surface area (Å²) >= 11 is 0. The number of hydrogen-bond acceptors (Lipinski definition) is 6. The van der Waals surface area contributed by atoms with Gasteiger partial charge in [0.05, 0.1) is 0 Å². The van der Waals surface area contributed by atoms with Crippen LogP contribution in [-0.4, -0.2) is 35.2 Å². The van der Waals surface area contributed by atoms with Gasteiger partial charge in [0.25, 0.3) is 0 Å². The topological polar surface area (TPSA) is 112 Å². The first-order valence-electron chi connectivity index (χ1n) is 12.1. The average Bonchev–Trinajstić information content (AvgIpc) is 3.56. The van der Waals surface area contributed by atoms with E-state index in [-0.39, 0.29) is 0 Å². The zero-order valence-corrected chi connectivity index (χ0v) is 20.6. The molecule has 0 bridgehead atoms. The normalized spacial score (nSPS) is 11.2. The van der Waals surface area contributed by atoms with E-state index < -0.39 is 0 Å². The van der Waals surface area contributed by atoms with Gasteiger partial charge in [-0.1, -0.05) is 61.9 Å². The maximum Gasteiger partial charge on any atom is 0.217 e. The van der Waals surface area contributed by atoms with E-state index in [1.165, 1.54) is 6.20 Å². The molecule has 0 aliphatic carbocycles. The lowest BCUT2D eigenvalue weighted by Gasteiger charge is -2.10. The number of imidazole rings is 1. The summed E-state index contributed by atoms with van der Waals surface area (Å²) in [6.07, 6.45) is 6.50. The molecule has 0 aliphatic heterocycles. The summed E-state index contributed by atoms with van der Waals surface area (Å²) in [6, 6.07) is 16.5. The summed E-state index contributed by atoms with van der Waals surface area (Å²) in [6.45, 7) is 6.46. The molecule has 0 atom stereocenters. The number of aromatic amines is 1. The van der Waals surface area contributed by atoms with E-state index in [0.29, 0.717) is 29.5 Å². The molecule has 2 aromatic carbocycles. The van der Waals surface area contributed by atoms with Crippen molar-refractivity contribution in [2.75, 3.05) is 0 Å². The van der Waals surface area contributed by atoms with Gasteiger partial charge in [0.2, 0.25) is 17.7 Å². The fourth-order valence-electron chi connectivity index (χ4n) is 4.33. The van der Waals surface area contributed by atoms with Crippen LogP contribution in [0.1, 0.15) is 42.5 Å². The summed E-state index contributed by atoms with van der Waals surface area (Å²) in [7, 11) is 0. The highest BCUT2D eigenvalue weighted by Crippen LogP contribution is 2.30. The lowest BCUT2D eigenvalue weighted by molar-refractivity contribution is -0.612. The van der Waals surface area contributed by atoms with Crippen molar-refractivity contribution < 1.29 is 4.73 Å². The summed E-state index contributed by atoms with van der Waals surface area (Å²) in [5.41, 5.74) is 6.81. The highest BCUT2D eigenvalue weighted by atomic mass is 16.5. The van der Waals surface area contributed by atoms with Gasteiger partial charge in [0, 0.05) is 31.6 Å². The fourth-order valence-corrected chi connectivity index (χ4v) is 4.33. The van der Waals surface area contributed by atoms with Crippen molar-refractivity contribution in [3.8, 4) is 33.9 Å². The molecule has 0 unspecified atom stereocenters. The summed E-state index contributed by atoms with van der Waals surface area (Å²) in [5, 5.41) is 26.8. The van der Waals surface area contributed by atoms with Crippen LogP contribution in [0.25, 0.3) is 33.9 Å². The third kappa shape index (κ3) is 4.72. The molecule has 0 spiro atoms. The Labute approximate surface area is 209 Å². The zero-order valence-electron chi connectivity index (χ0n) is 20.6. The Kier molecular flexibility index (Phi) is 6.53. The number of unbranched alkanes of at least 4 members (excludes halogenated alkanes) is 1. The van der Waals surface area contributed by atoms with Gasteiger partial charge >= 0.3 is 0 Å². The first kappa shape index (κ1) is 23.3. The van der Waals surface area contributed by atoms with Crippen molar-refractivity contribution in [1.29, 1.82) is 0 Å². The number of nitrogens with zero attached hydrogens (tertiary/aromatic N) is 7. The first-order chi connectivity index (χ1) is 17.5. The van der Waals surface area contributed by atoms with Gasteiger partial charge in [0.1, 0.15) is 17.2 Å². The van der Waals surface area contributed by atoms with Crippen LogP contribution in [0.3, 0.4) is 0 Å². The molecule has 0 saturated carbocycles. The highest BCUT2D eigenvalue weighted by Gasteiger charge is 2.18. The van der Waals surface area contributed by atoms with Crippen molar-refractivity contribution in [3.05, 3.63) is 88.9 Å². The standard InChI is InChI=1S/C27H28N8O/c1-4-5-10-25-29-24(26-19(3)35(36)15-18(2)28-26)17-34(25)16-20-11-13-21(14-12-20)22-8-6-7-9-23(22)27-30-32-33-31-27/h6-9,11-15,17H,4-5,10,16H2,1-3H3,(H,30,31,32,33). The van der Waals surface area contributed by atoms with Crippen LogP contribution in [0, 0.1) is 19.1 Å². The number of tetrazole rings is 1. The van der Waals surface area contributed by atoms with Gasteiger partial charge in [0.15, 0.2) is 5.69 Å². The van der Waals surface area contributed by atoms with E-state index in [2.05, 4.69) is 67.4 Å². The van der Waals surface area contributed by atoms with Gasteiger partial charge < -0.3 is 9.77 Å². The van der Waals surface area contributed by atoms with E-state index in [9.17, 15) is 5.21 Å². The van der Waals surface area contributed by atoms with Crippen LogP contribution in [0.15, 0.2) is 60.9 Å². The highest BCUT2D eigenvalue weighted by molar-refractivity contribution is 5.80. The van der Waals surface area contributed by atoms with Gasteiger partial charge in [-0.25, -0.2) is 9.97 Å². The van der Waals surface area contributed by atoms with Gasteiger partial charge in [-0.15, -0.1) is 10.2 Å². The second-order valence-corrected chi connectivity index (χ2v) is 8.89. The molecule has 36 heavy (non-hydrogen) atoms. The third-order valence-corrected chi connectivity index (χ3v) is 6.25. The summed E-state index contributed by atoms with van der Waals surface area (Å²) < 4.78 is 3.04. The lowest BCUT2D eigenvalue weighted by atomic mass is 9.98. The Bertz CT molecular complexity index is 1470. The minimum Gasteiger partial charge on any atom is -0.618 e. The molecule has 182 valence electrons. The summed E-state index contributed by atoms with van der Waals surface area (Å²) in [5.74, 6) is 1.57. The molecule has 5 aromatic rings. The molecule has 3 aromatic heterocycles. The van der Waals surface area contributed by atoms with Crippen molar-refractivity contribution >= 4 is 0 Å². The van der Waals surface area contributed by atoms with Crippen molar-refractivity contribution in [2.45, 2.75) is 46.6 Å². The van der Waals surface area contributed by atoms with Crippen LogP contribution in [-0.2, 0) is 13.0 Å². The predicted octanol–water partition coefficient (Wildman–Crippen LogP) is 4.43. The Morgan fingerprint density at radius 3 is 2.50 bits per heavy atom. The first-order valence-corrected chi connectivity index (χ1v) is 12.1. The van der Waals surface area contributed by atoms with E-state index >= 15 is 0 Å². The number of aryl methyl sites for hydroxylation is 2. The van der Waals surface area contributed by atoms with Crippen molar-refractivity contribution in [1.82, 2.24) is 35.2 Å². The molecule has 5 rings (SSSR count). The van der Waals surface area contributed by atoms with Gasteiger partial charge in [-0.3, -0.25) is 0 Å². The minimum absolute atomic E-state index is 0.553. The average molecular weight is 481 g/mol. The molecule has 0 aliphatic rings. The van der Waals surface area contributed by atoms with Crippen LogP contribution in [0.5, 0.6) is 0 Å². The lowest BCUT2D eigenvalue weighted by Crippen LogP contribution is -2.31. The fraction of sp³-hybridized carbons (Fsp3) is 0.259. The maximum absolute atomic E-state index is 12.3. The van der Waals surface area contributed by atoms with E-state index in [1.54, 1.807) is 6.92 Å². The summed E-state index contributed by atoms with van der Waals surface area (Å²) in [4.78, 5) is 9.49. The molecule has 3 heterocycles. The molecular formula is C27H28N8O. The maximum atomic E-state index is 12.3. The van der Waals surface area contributed by atoms with E-state index in [4.69, 9.17) is 4.98 Å². The third-order valence-electron chi connectivity index (χ3n) is 6.25. The van der Waals surface area contributed by atoms with Crippen LogP contribution >= 0.6 is 0 Å². The molecule has 0 radical (unpaired) electrons. The van der Waals surface area contributed by atoms with Crippen LogP contribution in [0.2, 0.25) is 0 Å². The second kappa shape index (κ2) is 10.1. The predicted molar refractivity (Wildman–Crippen MR) is 137 cm³/mol. The molecule has 0 saturated heterocycles. The van der Waals surface area contributed by atoms with Gasteiger partial charge in [-0.2, -0.15) is 9.94 Å². The molecule has 0 fully saturated rings. The van der Waals surface area contributed by atoms with E-state index in [0.717, 1.165) is 57.8 Å². The minimum atomic E-state index is 0.553. The SMILES string of the molecule is CCCCc1nc(-c2nc(C)c[n+]([O-])c2C)cn1Cc1ccc(-c2ccccc2-c2nn[nH]n2)cc1. The Balaban J connectivity index is 1.45. The number of rotatable bonds is 8. The largest absolute Gasteiger partial charge is 0.618 e. The monoisotopic (exact) mass is 480 g/mol. The molecular weight excluding hydrogens is 452 g/mol. The zero-order chi connectivity index (χ0) is 25.1. The number of benzene rings is 2. The Morgan fingerprint density at radius 2 is 1.78 bits per heavy atom. The molecule has 9 nitrogen and oxygen atoms in total. The Morgan fingerprint density at radius 1 is 1.00 bits per heavy atom. The molecule has 9 heteroatoms. The van der Waals surface area contributed by atoms with Crippen molar-refractivity contribution in [3.63, 3.8) is 0 Å². The van der Waals surface area contributed by atoms with Crippen molar-refractivity contribution in [2.24, 2.45) is 0 Å². The Hall–Kier alpha value is -4.40. The van der Waals surface area contributed by atoms with Crippen LogP contribution < -0.4 is 4.73 Å². The quantitative estimate of drug-likeness (QED) is 0.260. The number of H-pyrrole nitrogens is 1. The molecule has 0 amide bonds. The smallest absolute Gasteiger partial charge is 0.217 e.